The first-order valence-corrected chi connectivity index (χ1v) is 11.4. The van der Waals surface area contributed by atoms with Crippen LogP contribution in [-0.2, 0) is 0 Å². The number of carbonyl (C=O) groups excluding carboxylic acids is 1. The number of ether oxygens (including phenoxy) is 1. The fourth-order valence-electron chi connectivity index (χ4n) is 6.59. The van der Waals surface area contributed by atoms with E-state index in [0.29, 0.717) is 29.0 Å². The van der Waals surface area contributed by atoms with Gasteiger partial charge in [0.15, 0.2) is 0 Å². The standard InChI is InChI=1S/C25H28N4O3/c1-32-18-4-2-17(3-5-18)28-24(30)20-13-27-23-19(6-7-26-23)22(20)29-21-15-8-14-9-16(21)12-25(31,10-14)11-15/h2-7,13-16,21,31H,8-12H2,1H3,(H,28,30)(H2,26,27,29)/t14?,15-,16+,21+,25-. The Morgan fingerprint density at radius 3 is 2.59 bits per heavy atom. The molecule has 4 aliphatic carbocycles. The molecular formula is C25H28N4O3. The van der Waals surface area contributed by atoms with Crippen molar-refractivity contribution in [2.75, 3.05) is 17.7 Å². The summed E-state index contributed by atoms with van der Waals surface area (Å²) in [6.07, 6.45) is 8.48. The molecular weight excluding hydrogens is 404 g/mol. The number of aromatic amines is 1. The number of H-pyrrole nitrogens is 1. The number of nitrogens with zero attached hydrogens (tertiary/aromatic N) is 1. The summed E-state index contributed by atoms with van der Waals surface area (Å²) < 4.78 is 5.20. The molecule has 4 aliphatic rings. The van der Waals surface area contributed by atoms with Crippen LogP contribution >= 0.6 is 0 Å². The lowest BCUT2D eigenvalue weighted by atomic mass is 9.52. The molecule has 0 aliphatic heterocycles. The predicted molar refractivity (Wildman–Crippen MR) is 123 cm³/mol. The van der Waals surface area contributed by atoms with E-state index in [0.717, 1.165) is 54.6 Å². The van der Waals surface area contributed by atoms with Crippen LogP contribution in [0, 0.1) is 17.8 Å². The van der Waals surface area contributed by atoms with E-state index in [4.69, 9.17) is 4.74 Å². The molecule has 4 fully saturated rings. The Kier molecular flexibility index (Phi) is 4.43. The number of pyridine rings is 1. The molecule has 32 heavy (non-hydrogen) atoms. The Hall–Kier alpha value is -3.06. The van der Waals surface area contributed by atoms with Gasteiger partial charge in [-0.3, -0.25) is 4.79 Å². The molecule has 0 saturated heterocycles. The molecule has 4 saturated carbocycles. The summed E-state index contributed by atoms with van der Waals surface area (Å²) in [6.45, 7) is 0. The number of rotatable bonds is 5. The lowest BCUT2D eigenvalue weighted by Gasteiger charge is -2.58. The number of anilines is 2. The Balaban J connectivity index is 1.32. The highest BCUT2D eigenvalue weighted by Gasteiger charge is 2.54. The summed E-state index contributed by atoms with van der Waals surface area (Å²) in [7, 11) is 1.62. The minimum Gasteiger partial charge on any atom is -0.497 e. The molecule has 3 aromatic rings. The van der Waals surface area contributed by atoms with E-state index in [-0.39, 0.29) is 11.9 Å². The summed E-state index contributed by atoms with van der Waals surface area (Å²) in [5.74, 6) is 2.05. The Morgan fingerprint density at radius 1 is 1.16 bits per heavy atom. The van der Waals surface area contributed by atoms with Crippen molar-refractivity contribution in [1.82, 2.24) is 9.97 Å². The van der Waals surface area contributed by atoms with Crippen LogP contribution < -0.4 is 15.4 Å². The first-order chi connectivity index (χ1) is 15.5. The Morgan fingerprint density at radius 2 is 1.91 bits per heavy atom. The number of carbonyl (C=O) groups is 1. The minimum absolute atomic E-state index is 0.198. The van der Waals surface area contributed by atoms with Crippen LogP contribution in [0.15, 0.2) is 42.7 Å². The number of benzene rings is 1. The van der Waals surface area contributed by atoms with Crippen molar-refractivity contribution in [3.63, 3.8) is 0 Å². The fourth-order valence-corrected chi connectivity index (χ4v) is 6.59. The van der Waals surface area contributed by atoms with Gasteiger partial charge in [-0.05, 0) is 80.2 Å². The second-order valence-corrected chi connectivity index (χ2v) is 9.83. The van der Waals surface area contributed by atoms with Crippen molar-refractivity contribution >= 4 is 28.3 Å². The van der Waals surface area contributed by atoms with E-state index >= 15 is 0 Å². The maximum atomic E-state index is 13.3. The third-order valence-electron chi connectivity index (χ3n) is 7.73. The first-order valence-electron chi connectivity index (χ1n) is 11.4. The largest absolute Gasteiger partial charge is 0.497 e. The number of aromatic nitrogens is 2. The van der Waals surface area contributed by atoms with Gasteiger partial charge >= 0.3 is 0 Å². The number of amides is 1. The lowest BCUT2D eigenvalue weighted by molar-refractivity contribution is -0.129. The highest BCUT2D eigenvalue weighted by atomic mass is 16.5. The van der Waals surface area contributed by atoms with E-state index < -0.39 is 5.60 Å². The molecule has 0 radical (unpaired) electrons. The van der Waals surface area contributed by atoms with Crippen molar-refractivity contribution in [1.29, 1.82) is 0 Å². The zero-order valence-corrected chi connectivity index (χ0v) is 18.1. The molecule has 1 aromatic carbocycles. The third-order valence-corrected chi connectivity index (χ3v) is 7.73. The smallest absolute Gasteiger partial charge is 0.259 e. The van der Waals surface area contributed by atoms with Gasteiger partial charge in [-0.1, -0.05) is 0 Å². The molecule has 7 rings (SSSR count). The second kappa shape index (κ2) is 7.24. The van der Waals surface area contributed by atoms with Crippen molar-refractivity contribution < 1.29 is 14.6 Å². The molecule has 0 spiro atoms. The van der Waals surface area contributed by atoms with Crippen LogP contribution in [0.4, 0.5) is 11.4 Å². The van der Waals surface area contributed by atoms with Crippen LogP contribution in [-0.4, -0.2) is 39.7 Å². The molecule has 4 bridgehead atoms. The average Bonchev–Trinajstić information content (AvgIpc) is 3.25. The van der Waals surface area contributed by atoms with Gasteiger partial charge in [-0.15, -0.1) is 0 Å². The molecule has 166 valence electrons. The highest BCUT2D eigenvalue weighted by molar-refractivity contribution is 6.12. The SMILES string of the molecule is COc1ccc(NC(=O)c2cnc3[nH]ccc3c2N[C@H]2[C@@H]3CC4C[C@H]2C[C@@](O)(C4)C3)cc1. The van der Waals surface area contributed by atoms with Gasteiger partial charge in [-0.2, -0.15) is 0 Å². The quantitative estimate of drug-likeness (QED) is 0.485. The van der Waals surface area contributed by atoms with Crippen molar-refractivity contribution in [3.8, 4) is 5.75 Å². The molecule has 2 aromatic heterocycles. The maximum absolute atomic E-state index is 13.3. The van der Waals surface area contributed by atoms with E-state index in [2.05, 4.69) is 20.6 Å². The molecule has 1 unspecified atom stereocenters. The van der Waals surface area contributed by atoms with Gasteiger partial charge < -0.3 is 25.5 Å². The molecule has 2 heterocycles. The maximum Gasteiger partial charge on any atom is 0.259 e. The van der Waals surface area contributed by atoms with Crippen molar-refractivity contribution in [2.45, 2.75) is 43.7 Å². The van der Waals surface area contributed by atoms with Crippen LogP contribution in [0.1, 0.15) is 42.5 Å². The Bertz CT molecular complexity index is 1160. The summed E-state index contributed by atoms with van der Waals surface area (Å²) in [5.41, 5.74) is 2.33. The van der Waals surface area contributed by atoms with Crippen LogP contribution in [0.25, 0.3) is 11.0 Å². The Labute approximate surface area is 186 Å². The van der Waals surface area contributed by atoms with Gasteiger partial charge in [0.25, 0.3) is 5.91 Å². The molecule has 7 heteroatoms. The monoisotopic (exact) mass is 432 g/mol. The van der Waals surface area contributed by atoms with Crippen LogP contribution in [0.5, 0.6) is 5.75 Å². The number of fused-ring (bicyclic) bond motifs is 1. The average molecular weight is 433 g/mol. The molecule has 1 amide bonds. The molecule has 5 atom stereocenters. The predicted octanol–water partition coefficient (Wildman–Crippen LogP) is 4.18. The third kappa shape index (κ3) is 3.23. The molecule has 4 N–H and O–H groups in total. The summed E-state index contributed by atoms with van der Waals surface area (Å²) in [4.78, 5) is 20.9. The lowest BCUT2D eigenvalue weighted by Crippen LogP contribution is -2.59. The van der Waals surface area contributed by atoms with Gasteiger partial charge in [0, 0.05) is 29.5 Å². The summed E-state index contributed by atoms with van der Waals surface area (Å²) in [5, 5.41) is 18.6. The zero-order chi connectivity index (χ0) is 21.9. The van der Waals surface area contributed by atoms with Gasteiger partial charge in [0.1, 0.15) is 11.4 Å². The summed E-state index contributed by atoms with van der Waals surface area (Å²) in [6, 6.07) is 9.52. The number of methoxy groups -OCH3 is 1. The molecule has 7 nitrogen and oxygen atoms in total. The van der Waals surface area contributed by atoms with Gasteiger partial charge in [-0.25, -0.2) is 4.98 Å². The number of nitrogens with one attached hydrogen (secondary N) is 3. The number of aliphatic hydroxyl groups is 1. The second-order valence-electron chi connectivity index (χ2n) is 9.83. The van der Waals surface area contributed by atoms with E-state index in [1.165, 1.54) is 0 Å². The summed E-state index contributed by atoms with van der Waals surface area (Å²) >= 11 is 0. The van der Waals surface area contributed by atoms with Crippen LogP contribution in [0.2, 0.25) is 0 Å². The topological polar surface area (TPSA) is 99.3 Å². The van der Waals surface area contributed by atoms with E-state index in [1.54, 1.807) is 13.3 Å². The first kappa shape index (κ1) is 19.6. The minimum atomic E-state index is -0.481. The van der Waals surface area contributed by atoms with E-state index in [1.807, 2.05) is 36.5 Å². The fraction of sp³-hybridized carbons (Fsp3) is 0.440. The highest BCUT2D eigenvalue weighted by Crippen LogP contribution is 2.56. The van der Waals surface area contributed by atoms with Crippen molar-refractivity contribution in [2.24, 2.45) is 17.8 Å². The van der Waals surface area contributed by atoms with Gasteiger partial charge in [0.2, 0.25) is 0 Å². The van der Waals surface area contributed by atoms with Crippen molar-refractivity contribution in [3.05, 3.63) is 48.3 Å². The van der Waals surface area contributed by atoms with Gasteiger partial charge in [0.05, 0.1) is 24.0 Å². The normalized spacial score (nSPS) is 30.4. The number of hydrogen-bond donors (Lipinski definition) is 4. The van der Waals surface area contributed by atoms with Crippen LogP contribution in [0.3, 0.4) is 0 Å². The number of hydrogen-bond acceptors (Lipinski definition) is 5. The van der Waals surface area contributed by atoms with E-state index in [9.17, 15) is 9.90 Å². The zero-order valence-electron chi connectivity index (χ0n) is 18.1.